The van der Waals surface area contributed by atoms with Gasteiger partial charge in [0.05, 0.1) is 36.1 Å². The lowest BCUT2D eigenvalue weighted by molar-refractivity contribution is -0.124. The molecule has 5 aromatic rings. The Kier molecular flexibility index (Phi) is 11.0. The van der Waals surface area contributed by atoms with Gasteiger partial charge >= 0.3 is 0 Å². The minimum Gasteiger partial charge on any atom is -0.306 e. The van der Waals surface area contributed by atoms with E-state index in [2.05, 4.69) is 116 Å². The molecule has 2 amide bonds. The Morgan fingerprint density at radius 1 is 0.608 bits per heavy atom. The highest BCUT2D eigenvalue weighted by Gasteiger charge is 2.50. The molecule has 3 aromatic carbocycles. The summed E-state index contributed by atoms with van der Waals surface area (Å²) in [5.41, 5.74) is 3.92. The molecule has 264 valence electrons. The molecule has 4 heterocycles. The molecule has 0 spiro atoms. The molecule has 0 radical (unpaired) electrons. The van der Waals surface area contributed by atoms with Crippen LogP contribution in [0.2, 0.25) is 0 Å². The summed E-state index contributed by atoms with van der Waals surface area (Å²) < 4.78 is 0.993. The molecular formula is C44H47BrN2O2S2. The van der Waals surface area contributed by atoms with Gasteiger partial charge in [-0.1, -0.05) is 115 Å². The molecule has 2 aliphatic heterocycles. The normalized spacial score (nSPS) is 16.0. The third kappa shape index (κ3) is 6.90. The fraction of sp³-hybridized carbons (Fsp3) is 0.364. The van der Waals surface area contributed by atoms with Crippen molar-refractivity contribution in [2.45, 2.75) is 79.1 Å². The molecule has 0 N–H and O–H groups in total. The molecule has 7 rings (SSSR count). The van der Waals surface area contributed by atoms with Crippen LogP contribution in [0.15, 0.2) is 93.8 Å². The van der Waals surface area contributed by atoms with Crippen molar-refractivity contribution >= 4 is 83.4 Å². The molecule has 2 aromatic heterocycles. The third-order valence-electron chi connectivity index (χ3n) is 10.8. The Morgan fingerprint density at radius 3 is 1.75 bits per heavy atom. The number of rotatable bonds is 15. The first-order valence-electron chi connectivity index (χ1n) is 18.8. The Bertz CT molecular complexity index is 2160. The number of amides is 2. The minimum atomic E-state index is -0.0283. The number of unbranched alkanes of at least 4 members (excludes halogenated alkanes) is 2. The first-order valence-corrected chi connectivity index (χ1v) is 21.2. The molecule has 7 heteroatoms. The predicted octanol–water partition coefficient (Wildman–Crippen LogP) is 12.8. The van der Waals surface area contributed by atoms with Crippen LogP contribution in [-0.4, -0.2) is 34.7 Å². The van der Waals surface area contributed by atoms with Crippen molar-refractivity contribution < 1.29 is 9.59 Å². The van der Waals surface area contributed by atoms with Gasteiger partial charge in [-0.05, 0) is 98.0 Å². The van der Waals surface area contributed by atoms with Gasteiger partial charge in [0.25, 0.3) is 11.8 Å². The van der Waals surface area contributed by atoms with Crippen molar-refractivity contribution in [3.05, 3.63) is 104 Å². The van der Waals surface area contributed by atoms with E-state index < -0.39 is 0 Å². The van der Waals surface area contributed by atoms with Crippen LogP contribution in [-0.2, 0) is 9.59 Å². The molecule has 2 aliphatic rings. The number of hydrogen-bond donors (Lipinski definition) is 0. The molecular weight excluding hydrogens is 733 g/mol. The number of fused-ring (bicyclic) bond motifs is 4. The Morgan fingerprint density at radius 2 is 1.16 bits per heavy atom. The van der Waals surface area contributed by atoms with Gasteiger partial charge in [0.2, 0.25) is 0 Å². The van der Waals surface area contributed by atoms with E-state index in [0.29, 0.717) is 36.1 Å². The van der Waals surface area contributed by atoms with Crippen LogP contribution >= 0.6 is 38.6 Å². The Hall–Kier alpha value is -3.52. The smallest absolute Gasteiger partial charge is 0.261 e. The second kappa shape index (κ2) is 15.6. The summed E-state index contributed by atoms with van der Waals surface area (Å²) >= 11 is 6.95. The molecule has 2 atom stereocenters. The summed E-state index contributed by atoms with van der Waals surface area (Å²) in [7, 11) is 0. The molecule has 0 aliphatic carbocycles. The van der Waals surface area contributed by atoms with Crippen LogP contribution < -0.4 is 0 Å². The summed E-state index contributed by atoms with van der Waals surface area (Å²) in [6.45, 7) is 10.1. The summed E-state index contributed by atoms with van der Waals surface area (Å²) in [6.07, 6.45) is 8.66. The number of nitrogens with zero attached hydrogens (tertiary/aromatic N) is 2. The molecule has 0 fully saturated rings. The maximum absolute atomic E-state index is 14.9. The highest BCUT2D eigenvalue weighted by Crippen LogP contribution is 2.50. The van der Waals surface area contributed by atoms with E-state index in [-0.39, 0.29) is 11.8 Å². The lowest BCUT2D eigenvalue weighted by atomic mass is 9.98. The van der Waals surface area contributed by atoms with Crippen LogP contribution in [0.4, 0.5) is 0 Å². The second-order valence-corrected chi connectivity index (χ2v) is 17.6. The quantitative estimate of drug-likeness (QED) is 0.0993. The van der Waals surface area contributed by atoms with E-state index in [0.717, 1.165) is 86.7 Å². The predicted molar refractivity (Wildman–Crippen MR) is 221 cm³/mol. The topological polar surface area (TPSA) is 40.6 Å². The molecule has 0 saturated carbocycles. The van der Waals surface area contributed by atoms with Crippen molar-refractivity contribution in [2.75, 3.05) is 13.1 Å². The van der Waals surface area contributed by atoms with Crippen LogP contribution in [0.1, 0.15) is 88.8 Å². The zero-order valence-corrected chi connectivity index (χ0v) is 33.4. The summed E-state index contributed by atoms with van der Waals surface area (Å²) in [6, 6.07) is 28.0. The van der Waals surface area contributed by atoms with E-state index in [1.807, 2.05) is 15.9 Å². The highest BCUT2D eigenvalue weighted by molar-refractivity contribution is 9.11. The van der Waals surface area contributed by atoms with Crippen molar-refractivity contribution in [1.82, 2.24) is 9.80 Å². The number of halogens is 1. The van der Waals surface area contributed by atoms with Gasteiger partial charge in [-0.3, -0.25) is 9.59 Å². The van der Waals surface area contributed by atoms with E-state index in [1.54, 1.807) is 22.7 Å². The number of hydrogen-bond acceptors (Lipinski definition) is 4. The standard InChI is InChI=1S/C44H47BrN2O2S2/c1-5-9-13-28(7-3)26-46-41(36-22-21-35(50-36)32-19-20-34-31(25-32)18-17-30-15-11-12-16-33(30)34)39-40(44(46)49)42(37-23-24-38(45)51-37)47(43(39)48)27-29(8-4)14-10-6-2/h11-12,15-25,28-29H,5-10,13-14,26-27H2,1-4H3. The van der Waals surface area contributed by atoms with Gasteiger partial charge < -0.3 is 9.80 Å². The lowest BCUT2D eigenvalue weighted by Gasteiger charge is -2.29. The first kappa shape index (κ1) is 35.9. The molecule has 4 nitrogen and oxygen atoms in total. The average Bonchev–Trinajstić information content (AvgIpc) is 3.93. The number of benzene rings is 3. The van der Waals surface area contributed by atoms with Gasteiger partial charge in [0.1, 0.15) is 0 Å². The van der Waals surface area contributed by atoms with Crippen LogP contribution in [0.25, 0.3) is 43.4 Å². The maximum Gasteiger partial charge on any atom is 0.261 e. The number of carbonyl (C=O) groups is 2. The van der Waals surface area contributed by atoms with Crippen LogP contribution in [0.3, 0.4) is 0 Å². The van der Waals surface area contributed by atoms with Crippen molar-refractivity contribution in [1.29, 1.82) is 0 Å². The summed E-state index contributed by atoms with van der Waals surface area (Å²) in [5.74, 6) is 0.681. The first-order chi connectivity index (χ1) is 24.9. The van der Waals surface area contributed by atoms with Crippen LogP contribution in [0.5, 0.6) is 0 Å². The van der Waals surface area contributed by atoms with E-state index >= 15 is 0 Å². The van der Waals surface area contributed by atoms with E-state index in [4.69, 9.17) is 0 Å². The van der Waals surface area contributed by atoms with Crippen LogP contribution in [0, 0.1) is 11.8 Å². The second-order valence-electron chi connectivity index (χ2n) is 14.1. The molecule has 0 saturated heterocycles. The minimum absolute atomic E-state index is 0.0283. The SMILES string of the molecule is CCCCC(CC)CN1C(=O)C2=C(c3ccc(-c4ccc5c(ccc6ccccc65)c4)s3)N(CC(CC)CCCC)C(=O)C2=C1c1ccc(Br)s1. The molecule has 0 bridgehead atoms. The Balaban J connectivity index is 1.35. The summed E-state index contributed by atoms with van der Waals surface area (Å²) in [5, 5.41) is 4.94. The Labute approximate surface area is 319 Å². The van der Waals surface area contributed by atoms with Crippen molar-refractivity contribution in [2.24, 2.45) is 11.8 Å². The van der Waals surface area contributed by atoms with Gasteiger partial charge in [0.15, 0.2) is 0 Å². The van der Waals surface area contributed by atoms with E-state index in [9.17, 15) is 9.59 Å². The molecule has 2 unspecified atom stereocenters. The summed E-state index contributed by atoms with van der Waals surface area (Å²) in [4.78, 5) is 36.8. The van der Waals surface area contributed by atoms with Gasteiger partial charge in [0, 0.05) is 18.0 Å². The number of carbonyl (C=O) groups excluding carboxylic acids is 2. The zero-order valence-electron chi connectivity index (χ0n) is 30.1. The van der Waals surface area contributed by atoms with Gasteiger partial charge in [-0.2, -0.15) is 0 Å². The largest absolute Gasteiger partial charge is 0.306 e. The zero-order chi connectivity index (χ0) is 35.6. The highest BCUT2D eigenvalue weighted by atomic mass is 79.9. The van der Waals surface area contributed by atoms with Crippen molar-refractivity contribution in [3.8, 4) is 10.4 Å². The lowest BCUT2D eigenvalue weighted by Crippen LogP contribution is -2.34. The average molecular weight is 780 g/mol. The fourth-order valence-electron chi connectivity index (χ4n) is 7.84. The number of thiophene rings is 2. The molecule has 51 heavy (non-hydrogen) atoms. The van der Waals surface area contributed by atoms with E-state index in [1.165, 1.54) is 21.5 Å². The monoisotopic (exact) mass is 778 g/mol. The van der Waals surface area contributed by atoms with Gasteiger partial charge in [-0.15, -0.1) is 22.7 Å². The maximum atomic E-state index is 14.9. The van der Waals surface area contributed by atoms with Gasteiger partial charge in [-0.25, -0.2) is 0 Å². The van der Waals surface area contributed by atoms with Crippen molar-refractivity contribution in [3.63, 3.8) is 0 Å². The fourth-order valence-corrected chi connectivity index (χ4v) is 10.3. The third-order valence-corrected chi connectivity index (χ3v) is 13.6.